The molecule has 2 rings (SSSR count). The first-order valence-corrected chi connectivity index (χ1v) is 7.18. The first kappa shape index (κ1) is 17.0. The first-order chi connectivity index (χ1) is 11.4. The maximum Gasteiger partial charge on any atom is 0.252 e. The van der Waals surface area contributed by atoms with Gasteiger partial charge in [-0.25, -0.2) is 0 Å². The number of nitrogens with two attached hydrogens (primary N) is 1. The van der Waals surface area contributed by atoms with E-state index in [1.54, 1.807) is 30.3 Å². The van der Waals surface area contributed by atoms with Crippen LogP contribution in [0.25, 0.3) is 0 Å². The molecule has 0 saturated carbocycles. The Labute approximate surface area is 139 Å². The highest BCUT2D eigenvalue weighted by Gasteiger charge is 2.35. The summed E-state index contributed by atoms with van der Waals surface area (Å²) in [6.07, 6.45) is 0. The van der Waals surface area contributed by atoms with Crippen molar-refractivity contribution in [2.75, 3.05) is 12.4 Å². The van der Waals surface area contributed by atoms with Crippen molar-refractivity contribution in [1.29, 1.82) is 5.26 Å². The Bertz CT molecular complexity index is 812. The van der Waals surface area contributed by atoms with E-state index in [1.165, 1.54) is 26.2 Å². The van der Waals surface area contributed by atoms with Crippen molar-refractivity contribution >= 4 is 17.5 Å². The summed E-state index contributed by atoms with van der Waals surface area (Å²) in [5, 5.41) is 12.2. The lowest BCUT2D eigenvalue weighted by atomic mass is 9.83. The number of anilines is 1. The number of primary amides is 1. The average molecular weight is 323 g/mol. The van der Waals surface area contributed by atoms with Crippen molar-refractivity contribution in [2.45, 2.75) is 12.3 Å². The van der Waals surface area contributed by atoms with Crippen LogP contribution in [0.1, 0.15) is 22.8 Å². The lowest BCUT2D eigenvalue weighted by molar-refractivity contribution is -0.119. The number of nitriles is 1. The molecule has 0 aliphatic heterocycles. The van der Waals surface area contributed by atoms with Gasteiger partial charge in [0.05, 0.1) is 18.7 Å². The van der Waals surface area contributed by atoms with Gasteiger partial charge in [-0.2, -0.15) is 5.26 Å². The average Bonchev–Trinajstić information content (AvgIpc) is 2.61. The quantitative estimate of drug-likeness (QED) is 0.880. The molecule has 2 aromatic rings. The first-order valence-electron chi connectivity index (χ1n) is 7.18. The lowest BCUT2D eigenvalue weighted by Gasteiger charge is -2.21. The Balaban J connectivity index is 2.34. The minimum absolute atomic E-state index is 0.147. The molecule has 2 aromatic carbocycles. The third kappa shape index (κ3) is 3.20. The number of carbonyl (C=O) groups is 2. The van der Waals surface area contributed by atoms with E-state index in [0.717, 1.165) is 0 Å². The van der Waals surface area contributed by atoms with Gasteiger partial charge in [0, 0.05) is 5.69 Å². The molecule has 24 heavy (non-hydrogen) atoms. The Morgan fingerprint density at radius 3 is 2.42 bits per heavy atom. The van der Waals surface area contributed by atoms with Crippen LogP contribution in [-0.2, 0) is 10.2 Å². The molecular weight excluding hydrogens is 306 g/mol. The van der Waals surface area contributed by atoms with Crippen molar-refractivity contribution < 1.29 is 14.3 Å². The van der Waals surface area contributed by atoms with E-state index in [1.807, 2.05) is 12.1 Å². The number of hydrogen-bond donors (Lipinski definition) is 2. The van der Waals surface area contributed by atoms with E-state index in [2.05, 4.69) is 5.32 Å². The topological polar surface area (TPSA) is 105 Å². The van der Waals surface area contributed by atoms with Crippen molar-refractivity contribution in [3.63, 3.8) is 0 Å². The Morgan fingerprint density at radius 1 is 1.21 bits per heavy atom. The summed E-state index contributed by atoms with van der Waals surface area (Å²) in [4.78, 5) is 24.1. The van der Waals surface area contributed by atoms with Gasteiger partial charge >= 0.3 is 0 Å². The highest BCUT2D eigenvalue weighted by atomic mass is 16.5. The molecule has 0 bridgehead atoms. The standard InChI is InChI=1S/C18H17N3O3/c1-18(11-19,12-6-4-3-5-7-12)17(23)21-13-8-9-15(24-2)14(10-13)16(20)22/h3-10H,1-2H3,(H2,20,22)(H,21,23)/t18-/m1/s1. The number of nitrogens with zero attached hydrogens (tertiary/aromatic N) is 1. The maximum absolute atomic E-state index is 12.6. The highest BCUT2D eigenvalue weighted by molar-refractivity contribution is 6.03. The molecule has 0 radical (unpaired) electrons. The Kier molecular flexibility index (Phi) is 4.85. The fourth-order valence-electron chi connectivity index (χ4n) is 2.25. The molecular formula is C18H17N3O3. The normalized spacial score (nSPS) is 12.5. The number of benzene rings is 2. The maximum atomic E-state index is 12.6. The van der Waals surface area contributed by atoms with Crippen molar-refractivity contribution in [2.24, 2.45) is 5.73 Å². The van der Waals surface area contributed by atoms with Gasteiger partial charge in [0.25, 0.3) is 5.91 Å². The number of hydrogen-bond acceptors (Lipinski definition) is 4. The molecule has 0 aliphatic carbocycles. The minimum atomic E-state index is -1.37. The van der Waals surface area contributed by atoms with Crippen LogP contribution in [0.4, 0.5) is 5.69 Å². The van der Waals surface area contributed by atoms with Crippen LogP contribution < -0.4 is 15.8 Å². The van der Waals surface area contributed by atoms with E-state index in [0.29, 0.717) is 17.0 Å². The second-order valence-corrected chi connectivity index (χ2v) is 5.34. The molecule has 1 atom stereocenters. The molecule has 6 nitrogen and oxygen atoms in total. The van der Waals surface area contributed by atoms with Crippen LogP contribution in [0.15, 0.2) is 48.5 Å². The van der Waals surface area contributed by atoms with Gasteiger partial charge in [-0.15, -0.1) is 0 Å². The number of ether oxygens (including phenoxy) is 1. The van der Waals surface area contributed by atoms with Gasteiger partial charge in [0.2, 0.25) is 5.91 Å². The molecule has 3 N–H and O–H groups in total. The molecule has 6 heteroatoms. The van der Waals surface area contributed by atoms with Crippen molar-refractivity contribution in [3.8, 4) is 11.8 Å². The molecule has 0 aliphatic rings. The molecule has 0 saturated heterocycles. The van der Waals surface area contributed by atoms with E-state index in [4.69, 9.17) is 10.5 Å². The van der Waals surface area contributed by atoms with Crippen LogP contribution in [-0.4, -0.2) is 18.9 Å². The van der Waals surface area contributed by atoms with Crippen molar-refractivity contribution in [1.82, 2.24) is 0 Å². The van der Waals surface area contributed by atoms with E-state index >= 15 is 0 Å². The SMILES string of the molecule is COc1ccc(NC(=O)[C@](C)(C#N)c2ccccc2)cc1C(N)=O. The number of carbonyl (C=O) groups excluding carboxylic acids is 2. The number of nitrogens with one attached hydrogen (secondary N) is 1. The zero-order chi connectivity index (χ0) is 17.7. The van der Waals surface area contributed by atoms with Gasteiger partial charge in [-0.05, 0) is 30.7 Å². The molecule has 0 heterocycles. The molecule has 122 valence electrons. The summed E-state index contributed by atoms with van der Waals surface area (Å²) >= 11 is 0. The van der Waals surface area contributed by atoms with Crippen molar-refractivity contribution in [3.05, 3.63) is 59.7 Å². The van der Waals surface area contributed by atoms with Gasteiger partial charge in [-0.3, -0.25) is 9.59 Å². The summed E-state index contributed by atoms with van der Waals surface area (Å²) < 4.78 is 5.06. The second-order valence-electron chi connectivity index (χ2n) is 5.34. The fourth-order valence-corrected chi connectivity index (χ4v) is 2.25. The highest BCUT2D eigenvalue weighted by Crippen LogP contribution is 2.27. The number of rotatable bonds is 5. The van der Waals surface area contributed by atoms with Gasteiger partial charge < -0.3 is 15.8 Å². The van der Waals surface area contributed by atoms with Gasteiger partial charge in [0.15, 0.2) is 5.41 Å². The summed E-state index contributed by atoms with van der Waals surface area (Å²) in [7, 11) is 1.42. The van der Waals surface area contributed by atoms with E-state index < -0.39 is 17.2 Å². The molecule has 2 amide bonds. The predicted molar refractivity (Wildman–Crippen MR) is 89.5 cm³/mol. The fraction of sp³-hybridized carbons (Fsp3) is 0.167. The van der Waals surface area contributed by atoms with Gasteiger partial charge in [0.1, 0.15) is 5.75 Å². The zero-order valence-electron chi connectivity index (χ0n) is 13.4. The zero-order valence-corrected chi connectivity index (χ0v) is 13.4. The van der Waals surface area contributed by atoms with Gasteiger partial charge in [-0.1, -0.05) is 30.3 Å². The number of methoxy groups -OCH3 is 1. The van der Waals surface area contributed by atoms with Crippen LogP contribution in [0, 0.1) is 11.3 Å². The summed E-state index contributed by atoms with van der Waals surface area (Å²) in [5.74, 6) is -0.863. The monoisotopic (exact) mass is 323 g/mol. The van der Waals surface area contributed by atoms with E-state index in [-0.39, 0.29) is 5.56 Å². The molecule has 0 unspecified atom stereocenters. The Hall–Kier alpha value is -3.33. The third-order valence-corrected chi connectivity index (χ3v) is 3.75. The third-order valence-electron chi connectivity index (χ3n) is 3.75. The summed E-state index contributed by atoms with van der Waals surface area (Å²) in [6, 6.07) is 15.3. The largest absolute Gasteiger partial charge is 0.496 e. The van der Waals surface area contributed by atoms with Crippen LogP contribution in [0.2, 0.25) is 0 Å². The number of amides is 2. The summed E-state index contributed by atoms with van der Waals surface area (Å²) in [5.41, 5.74) is 5.02. The van der Waals surface area contributed by atoms with E-state index in [9.17, 15) is 14.9 Å². The smallest absolute Gasteiger partial charge is 0.252 e. The second kappa shape index (κ2) is 6.84. The van der Waals surface area contributed by atoms with Crippen LogP contribution >= 0.6 is 0 Å². The molecule has 0 spiro atoms. The summed E-state index contributed by atoms with van der Waals surface area (Å²) in [6.45, 7) is 1.54. The minimum Gasteiger partial charge on any atom is -0.496 e. The molecule has 0 aromatic heterocycles. The molecule has 0 fully saturated rings. The van der Waals surface area contributed by atoms with Crippen LogP contribution in [0.5, 0.6) is 5.75 Å². The Morgan fingerprint density at radius 2 is 1.88 bits per heavy atom. The predicted octanol–water partition coefficient (Wildman–Crippen LogP) is 2.21. The lowest BCUT2D eigenvalue weighted by Crippen LogP contribution is -2.36. The van der Waals surface area contributed by atoms with Crippen LogP contribution in [0.3, 0.4) is 0 Å².